The molecule has 0 radical (unpaired) electrons. The highest BCUT2D eigenvalue weighted by Gasteiger charge is 2.36. The van der Waals surface area contributed by atoms with Gasteiger partial charge in [0.05, 0.1) is 46.7 Å². The molecule has 0 spiro atoms. The fourth-order valence-electron chi connectivity index (χ4n) is 6.90. The second-order valence-electron chi connectivity index (χ2n) is 13.1. The molecule has 0 aromatic heterocycles. The number of Topliss-reactive ketones (excluding diaryl/α,β-unsaturated/α-hetero) is 1. The Kier molecular flexibility index (Phi) is 17.5. The molecule has 1 N–H and O–H groups in total. The molecule has 0 heterocycles. The van der Waals surface area contributed by atoms with Crippen LogP contribution in [-0.2, 0) is 46.3 Å². The normalized spacial score (nSPS) is 19.7. The number of esters is 2. The highest BCUT2D eigenvalue weighted by molar-refractivity contribution is 6.64. The number of carbonyl (C=O) groups is 5. The van der Waals surface area contributed by atoms with Gasteiger partial charge in [0.1, 0.15) is 17.3 Å². The Balaban J connectivity index is 0.000000272. The van der Waals surface area contributed by atoms with Gasteiger partial charge in [-0.1, -0.05) is 37.8 Å². The van der Waals surface area contributed by atoms with Crippen LogP contribution >= 0.6 is 11.6 Å². The molecular formula is C39H53ClO10. The van der Waals surface area contributed by atoms with Crippen molar-refractivity contribution in [3.8, 4) is 11.5 Å². The number of carboxylic acid groups (broad SMARTS) is 1. The zero-order chi connectivity index (χ0) is 37.5. The molecule has 4 atom stereocenters. The number of rotatable bonds is 10. The second kappa shape index (κ2) is 20.7. The van der Waals surface area contributed by atoms with Gasteiger partial charge >= 0.3 is 17.9 Å². The maximum atomic E-state index is 12.7. The third-order valence-electron chi connectivity index (χ3n) is 9.55. The van der Waals surface area contributed by atoms with E-state index in [1.165, 1.54) is 14.2 Å². The Morgan fingerprint density at radius 2 is 1.08 bits per heavy atom. The lowest BCUT2D eigenvalue weighted by molar-refractivity contribution is -0.150. The average Bonchev–Trinajstić information content (AvgIpc) is 3.10. The Morgan fingerprint density at radius 1 is 0.640 bits per heavy atom. The summed E-state index contributed by atoms with van der Waals surface area (Å²) in [4.78, 5) is 57.5. The maximum absolute atomic E-state index is 12.7. The first-order chi connectivity index (χ1) is 23.7. The van der Waals surface area contributed by atoms with Gasteiger partial charge in [0, 0.05) is 29.4 Å². The molecular weight excluding hydrogens is 664 g/mol. The van der Waals surface area contributed by atoms with Gasteiger partial charge in [0.2, 0.25) is 5.24 Å². The van der Waals surface area contributed by atoms with Gasteiger partial charge in [-0.05, 0) is 99.4 Å². The van der Waals surface area contributed by atoms with E-state index < -0.39 is 17.1 Å². The summed E-state index contributed by atoms with van der Waals surface area (Å²) in [7, 11) is 5.93. The SMILES string of the molecule is COC(=O)C1CCCCC1C(=O)Cl.COC(=O)Cc1c(C)cc(C)cc1OC.COc1cc(C)cc(C)c1CC(=O)C1CCCCC1C(=O)O. The van der Waals surface area contributed by atoms with E-state index in [0.717, 1.165) is 71.2 Å². The van der Waals surface area contributed by atoms with Crippen LogP contribution in [0, 0.1) is 51.4 Å². The first-order valence-electron chi connectivity index (χ1n) is 17.1. The molecule has 0 bridgehead atoms. The van der Waals surface area contributed by atoms with Gasteiger partial charge in [-0.25, -0.2) is 0 Å². The molecule has 0 saturated heterocycles. The predicted molar refractivity (Wildman–Crippen MR) is 191 cm³/mol. The molecule has 4 rings (SSSR count). The van der Waals surface area contributed by atoms with Crippen LogP contribution < -0.4 is 9.47 Å². The van der Waals surface area contributed by atoms with Crippen LogP contribution in [0.5, 0.6) is 11.5 Å². The van der Waals surface area contributed by atoms with Gasteiger partial charge in [-0.15, -0.1) is 0 Å². The fourth-order valence-corrected chi connectivity index (χ4v) is 7.17. The van der Waals surface area contributed by atoms with E-state index >= 15 is 0 Å². The zero-order valence-electron chi connectivity index (χ0n) is 30.7. The van der Waals surface area contributed by atoms with Crippen LogP contribution in [0.1, 0.15) is 84.7 Å². The lowest BCUT2D eigenvalue weighted by atomic mass is 9.75. The summed E-state index contributed by atoms with van der Waals surface area (Å²) in [5, 5.41) is 8.93. The fraction of sp³-hybridized carbons (Fsp3) is 0.564. The smallest absolute Gasteiger partial charge is 0.310 e. The second-order valence-corrected chi connectivity index (χ2v) is 13.5. The number of halogens is 1. The number of aliphatic carboxylic acids is 1. The summed E-state index contributed by atoms with van der Waals surface area (Å²) in [5.74, 6) is -1.45. The average molecular weight is 717 g/mol. The molecule has 2 fully saturated rings. The van der Waals surface area contributed by atoms with E-state index in [9.17, 15) is 29.1 Å². The van der Waals surface area contributed by atoms with Crippen molar-refractivity contribution in [3.63, 3.8) is 0 Å². The van der Waals surface area contributed by atoms with Crippen molar-refractivity contribution in [2.45, 2.75) is 91.9 Å². The quantitative estimate of drug-likeness (QED) is 0.200. The van der Waals surface area contributed by atoms with E-state index in [0.29, 0.717) is 25.0 Å². The summed E-state index contributed by atoms with van der Waals surface area (Å²) < 4.78 is 19.9. The number of ether oxygens (including phenoxy) is 4. The molecule has 276 valence electrons. The molecule has 2 saturated carbocycles. The summed E-state index contributed by atoms with van der Waals surface area (Å²) in [6.45, 7) is 7.92. The first kappa shape index (κ1) is 42.2. The Morgan fingerprint density at radius 3 is 1.50 bits per heavy atom. The first-order valence-corrected chi connectivity index (χ1v) is 17.4. The molecule has 4 unspecified atom stereocenters. The topological polar surface area (TPSA) is 142 Å². The number of methoxy groups -OCH3 is 4. The Bertz CT molecular complexity index is 1500. The maximum Gasteiger partial charge on any atom is 0.310 e. The molecule has 0 aliphatic heterocycles. The van der Waals surface area contributed by atoms with Crippen molar-refractivity contribution in [2.24, 2.45) is 23.7 Å². The monoisotopic (exact) mass is 716 g/mol. The van der Waals surface area contributed by atoms with Crippen molar-refractivity contribution >= 4 is 40.5 Å². The molecule has 10 nitrogen and oxygen atoms in total. The van der Waals surface area contributed by atoms with Crippen molar-refractivity contribution < 1.29 is 48.0 Å². The van der Waals surface area contributed by atoms with E-state index in [-0.39, 0.29) is 48.3 Å². The molecule has 0 amide bonds. The van der Waals surface area contributed by atoms with Gasteiger partial charge < -0.3 is 24.1 Å². The summed E-state index contributed by atoms with van der Waals surface area (Å²) in [5.41, 5.74) is 6.07. The molecule has 2 aromatic carbocycles. The van der Waals surface area contributed by atoms with Crippen LogP contribution in [-0.4, -0.2) is 62.5 Å². The van der Waals surface area contributed by atoms with Gasteiger partial charge in [0.25, 0.3) is 0 Å². The zero-order valence-corrected chi connectivity index (χ0v) is 31.4. The third-order valence-corrected chi connectivity index (χ3v) is 9.83. The van der Waals surface area contributed by atoms with Crippen LogP contribution in [0.4, 0.5) is 0 Å². The molecule has 2 aliphatic carbocycles. The van der Waals surface area contributed by atoms with Crippen molar-refractivity contribution in [3.05, 3.63) is 57.6 Å². The molecule has 2 aromatic rings. The highest BCUT2D eigenvalue weighted by atomic mass is 35.5. The number of benzene rings is 2. The van der Waals surface area contributed by atoms with Crippen LogP contribution in [0.15, 0.2) is 24.3 Å². The minimum atomic E-state index is -0.842. The summed E-state index contributed by atoms with van der Waals surface area (Å²) in [6.07, 6.45) is 7.00. The lowest BCUT2D eigenvalue weighted by Gasteiger charge is -2.27. The molecule has 11 heteroatoms. The van der Waals surface area contributed by atoms with Gasteiger partial charge in [-0.3, -0.25) is 24.0 Å². The van der Waals surface area contributed by atoms with Crippen LogP contribution in [0.3, 0.4) is 0 Å². The van der Waals surface area contributed by atoms with Crippen LogP contribution in [0.2, 0.25) is 0 Å². The van der Waals surface area contributed by atoms with E-state index in [2.05, 4.69) is 9.47 Å². The van der Waals surface area contributed by atoms with Crippen molar-refractivity contribution in [1.29, 1.82) is 0 Å². The van der Waals surface area contributed by atoms with E-state index in [4.69, 9.17) is 21.1 Å². The summed E-state index contributed by atoms with van der Waals surface area (Å²) in [6, 6.07) is 7.90. The Hall–Kier alpha value is -3.92. The van der Waals surface area contributed by atoms with Crippen LogP contribution in [0.25, 0.3) is 0 Å². The minimum absolute atomic E-state index is 0.0253. The van der Waals surface area contributed by atoms with Gasteiger partial charge in [0.15, 0.2) is 0 Å². The highest BCUT2D eigenvalue weighted by Crippen LogP contribution is 2.34. The standard InChI is InChI=1S/C18H24O4.C12H16O3.C9H13ClO3/c1-11-8-12(2)15(17(9-11)22-3)10-16(19)13-6-4-5-7-14(13)18(20)21;1-8-5-9(2)10(7-12(13)15-4)11(6-8)14-3;1-13-9(12)7-5-3-2-4-6(7)8(10)11/h8-9,13-14H,4-7,10H2,1-3H3,(H,20,21);5-6H,7H2,1-4H3;6-7H,2-5H2,1H3. The number of aryl methyl sites for hydroxylation is 4. The number of carbonyl (C=O) groups excluding carboxylic acids is 4. The number of carboxylic acids is 1. The molecule has 50 heavy (non-hydrogen) atoms. The van der Waals surface area contributed by atoms with Crippen molar-refractivity contribution in [1.82, 2.24) is 0 Å². The lowest BCUT2D eigenvalue weighted by Crippen LogP contribution is -2.33. The Labute approximate surface area is 301 Å². The van der Waals surface area contributed by atoms with Gasteiger partial charge in [-0.2, -0.15) is 0 Å². The summed E-state index contributed by atoms with van der Waals surface area (Å²) >= 11 is 5.41. The largest absolute Gasteiger partial charge is 0.496 e. The third kappa shape index (κ3) is 12.1. The predicted octanol–water partition coefficient (Wildman–Crippen LogP) is 7.07. The van der Waals surface area contributed by atoms with Crippen molar-refractivity contribution in [2.75, 3.05) is 28.4 Å². The minimum Gasteiger partial charge on any atom is -0.496 e. The number of ketones is 1. The van der Waals surface area contributed by atoms with E-state index in [1.807, 2.05) is 52.0 Å². The molecule has 2 aliphatic rings. The number of hydrogen-bond donors (Lipinski definition) is 1. The number of hydrogen-bond acceptors (Lipinski definition) is 9. The van der Waals surface area contributed by atoms with E-state index in [1.54, 1.807) is 14.2 Å².